The van der Waals surface area contributed by atoms with Crippen molar-refractivity contribution >= 4 is 11.6 Å². The first-order valence-corrected chi connectivity index (χ1v) is 9.28. The van der Waals surface area contributed by atoms with Gasteiger partial charge in [0.1, 0.15) is 0 Å². The number of hydrogen-bond donors (Lipinski definition) is 0. The van der Waals surface area contributed by atoms with Gasteiger partial charge in [-0.2, -0.15) is 0 Å². The number of likely N-dealkylation sites (tertiary alicyclic amines) is 1. The van der Waals surface area contributed by atoms with E-state index in [9.17, 15) is 4.79 Å². The molecule has 0 bridgehead atoms. The Morgan fingerprint density at radius 3 is 2.24 bits per heavy atom. The molecule has 1 saturated heterocycles. The Balaban J connectivity index is 1.81. The summed E-state index contributed by atoms with van der Waals surface area (Å²) in [5.74, 6) is 0.183. The molecule has 1 heterocycles. The lowest BCUT2D eigenvalue weighted by atomic mass is 10.1. The molecule has 132 valence electrons. The van der Waals surface area contributed by atoms with Crippen molar-refractivity contribution in [3.05, 3.63) is 65.2 Å². The smallest absolute Gasteiger partial charge is 0.231 e. The van der Waals surface area contributed by atoms with Crippen LogP contribution in [0.25, 0.3) is 0 Å². The number of para-hydroxylation sites is 1. The Kier molecular flexibility index (Phi) is 5.87. The van der Waals surface area contributed by atoms with Crippen LogP contribution in [-0.2, 0) is 11.2 Å². The Bertz CT molecular complexity index is 685. The second kappa shape index (κ2) is 8.30. The summed E-state index contributed by atoms with van der Waals surface area (Å²) < 4.78 is 0. The largest absolute Gasteiger partial charge is 0.310 e. The quantitative estimate of drug-likeness (QED) is 0.797. The van der Waals surface area contributed by atoms with Gasteiger partial charge >= 0.3 is 0 Å². The van der Waals surface area contributed by atoms with Gasteiger partial charge in [-0.25, -0.2) is 0 Å². The fourth-order valence-corrected chi connectivity index (χ4v) is 3.71. The van der Waals surface area contributed by atoms with Crippen molar-refractivity contribution in [2.24, 2.45) is 0 Å². The van der Waals surface area contributed by atoms with Gasteiger partial charge < -0.3 is 9.80 Å². The molecule has 1 aliphatic rings. The predicted octanol–water partition coefficient (Wildman–Crippen LogP) is 3.97. The van der Waals surface area contributed by atoms with E-state index >= 15 is 0 Å². The van der Waals surface area contributed by atoms with E-state index in [1.165, 1.54) is 24.0 Å². The summed E-state index contributed by atoms with van der Waals surface area (Å²) in [4.78, 5) is 17.6. The fourth-order valence-electron chi connectivity index (χ4n) is 3.71. The Hall–Kier alpha value is -2.13. The van der Waals surface area contributed by atoms with Crippen molar-refractivity contribution in [2.45, 2.75) is 33.1 Å². The SMILES string of the molecule is Cc1cccc(C)c1N(CCN1CCCC1)C(=O)Cc1ccccc1. The summed E-state index contributed by atoms with van der Waals surface area (Å²) >= 11 is 0. The second-order valence-corrected chi connectivity index (χ2v) is 7.00. The zero-order valence-corrected chi connectivity index (χ0v) is 15.4. The first-order valence-electron chi connectivity index (χ1n) is 9.28. The minimum Gasteiger partial charge on any atom is -0.310 e. The molecule has 0 N–H and O–H groups in total. The van der Waals surface area contributed by atoms with Gasteiger partial charge in [0.25, 0.3) is 0 Å². The van der Waals surface area contributed by atoms with E-state index in [1.807, 2.05) is 35.2 Å². The predicted molar refractivity (Wildman–Crippen MR) is 104 cm³/mol. The number of carbonyl (C=O) groups is 1. The number of amides is 1. The minimum atomic E-state index is 0.183. The van der Waals surface area contributed by atoms with Crippen LogP contribution in [0.3, 0.4) is 0 Å². The molecule has 0 aliphatic carbocycles. The molecule has 0 unspecified atom stereocenters. The van der Waals surface area contributed by atoms with Gasteiger partial charge in [0.05, 0.1) is 6.42 Å². The lowest BCUT2D eigenvalue weighted by Crippen LogP contribution is -2.39. The molecule has 3 heteroatoms. The van der Waals surface area contributed by atoms with Crippen LogP contribution in [0.4, 0.5) is 5.69 Å². The molecule has 0 radical (unpaired) electrons. The van der Waals surface area contributed by atoms with Gasteiger partial charge in [-0.15, -0.1) is 0 Å². The molecule has 0 aromatic heterocycles. The molecule has 0 atom stereocenters. The van der Waals surface area contributed by atoms with Crippen molar-refractivity contribution in [2.75, 3.05) is 31.1 Å². The lowest BCUT2D eigenvalue weighted by Gasteiger charge is -2.28. The summed E-state index contributed by atoms with van der Waals surface area (Å²) in [6, 6.07) is 16.3. The minimum absolute atomic E-state index is 0.183. The highest BCUT2D eigenvalue weighted by Gasteiger charge is 2.21. The molecule has 1 amide bonds. The van der Waals surface area contributed by atoms with E-state index in [1.54, 1.807) is 0 Å². The van der Waals surface area contributed by atoms with Crippen molar-refractivity contribution in [3.8, 4) is 0 Å². The Morgan fingerprint density at radius 1 is 0.960 bits per heavy atom. The van der Waals surface area contributed by atoms with E-state index in [0.29, 0.717) is 6.42 Å². The second-order valence-electron chi connectivity index (χ2n) is 7.00. The van der Waals surface area contributed by atoms with Crippen LogP contribution in [0.2, 0.25) is 0 Å². The first kappa shape index (κ1) is 17.7. The van der Waals surface area contributed by atoms with Crippen molar-refractivity contribution in [1.82, 2.24) is 4.90 Å². The third-order valence-electron chi connectivity index (χ3n) is 5.05. The third-order valence-corrected chi connectivity index (χ3v) is 5.05. The molecule has 25 heavy (non-hydrogen) atoms. The Labute approximate surface area is 151 Å². The van der Waals surface area contributed by atoms with Gasteiger partial charge in [0.2, 0.25) is 5.91 Å². The summed E-state index contributed by atoms with van der Waals surface area (Å²) in [5, 5.41) is 0. The topological polar surface area (TPSA) is 23.6 Å². The Morgan fingerprint density at radius 2 is 1.60 bits per heavy atom. The number of anilines is 1. The zero-order chi connectivity index (χ0) is 17.6. The van der Waals surface area contributed by atoms with E-state index in [-0.39, 0.29) is 5.91 Å². The molecule has 3 nitrogen and oxygen atoms in total. The number of hydrogen-bond acceptors (Lipinski definition) is 2. The third kappa shape index (κ3) is 4.49. The number of nitrogens with zero attached hydrogens (tertiary/aromatic N) is 2. The van der Waals surface area contributed by atoms with Gasteiger partial charge in [0, 0.05) is 18.8 Å². The molecule has 1 aliphatic heterocycles. The fraction of sp³-hybridized carbons (Fsp3) is 0.409. The summed E-state index contributed by atoms with van der Waals surface area (Å²) in [7, 11) is 0. The normalized spacial score (nSPS) is 14.6. The molecule has 3 rings (SSSR count). The number of rotatable bonds is 6. The van der Waals surface area contributed by atoms with E-state index in [2.05, 4.69) is 36.9 Å². The van der Waals surface area contributed by atoms with Crippen molar-refractivity contribution in [1.29, 1.82) is 0 Å². The zero-order valence-electron chi connectivity index (χ0n) is 15.4. The summed E-state index contributed by atoms with van der Waals surface area (Å²) in [6.07, 6.45) is 3.01. The number of benzene rings is 2. The highest BCUT2D eigenvalue weighted by atomic mass is 16.2. The highest BCUT2D eigenvalue weighted by Crippen LogP contribution is 2.25. The molecular weight excluding hydrogens is 308 g/mol. The van der Waals surface area contributed by atoms with Gasteiger partial charge in [-0.05, 0) is 56.5 Å². The summed E-state index contributed by atoms with van der Waals surface area (Å²) in [5.41, 5.74) is 4.50. The molecular formula is C22H28N2O. The molecule has 2 aromatic rings. The van der Waals surface area contributed by atoms with Crippen LogP contribution in [0.5, 0.6) is 0 Å². The van der Waals surface area contributed by atoms with Gasteiger partial charge in [-0.3, -0.25) is 4.79 Å². The van der Waals surface area contributed by atoms with Crippen molar-refractivity contribution in [3.63, 3.8) is 0 Å². The van der Waals surface area contributed by atoms with Gasteiger partial charge in [0.15, 0.2) is 0 Å². The van der Waals surface area contributed by atoms with E-state index < -0.39 is 0 Å². The van der Waals surface area contributed by atoms with Crippen molar-refractivity contribution < 1.29 is 4.79 Å². The van der Waals surface area contributed by atoms with E-state index in [4.69, 9.17) is 0 Å². The maximum Gasteiger partial charge on any atom is 0.231 e. The van der Waals surface area contributed by atoms with Crippen LogP contribution >= 0.6 is 0 Å². The maximum atomic E-state index is 13.1. The van der Waals surface area contributed by atoms with Gasteiger partial charge in [-0.1, -0.05) is 48.5 Å². The maximum absolute atomic E-state index is 13.1. The summed E-state index contributed by atoms with van der Waals surface area (Å²) in [6.45, 7) is 8.23. The number of carbonyl (C=O) groups excluding carboxylic acids is 1. The van der Waals surface area contributed by atoms with Crippen LogP contribution < -0.4 is 4.90 Å². The average Bonchev–Trinajstić information content (AvgIpc) is 3.11. The molecule has 2 aromatic carbocycles. The molecule has 0 spiro atoms. The molecule has 1 fully saturated rings. The molecule has 0 saturated carbocycles. The van der Waals surface area contributed by atoms with Crippen LogP contribution in [0, 0.1) is 13.8 Å². The monoisotopic (exact) mass is 336 g/mol. The van der Waals surface area contributed by atoms with Crippen LogP contribution in [-0.4, -0.2) is 37.0 Å². The first-order chi connectivity index (χ1) is 12.1. The highest BCUT2D eigenvalue weighted by molar-refractivity contribution is 5.96. The number of aryl methyl sites for hydroxylation is 2. The van der Waals surface area contributed by atoms with Crippen LogP contribution in [0.15, 0.2) is 48.5 Å². The van der Waals surface area contributed by atoms with E-state index in [0.717, 1.165) is 37.4 Å². The lowest BCUT2D eigenvalue weighted by molar-refractivity contribution is -0.118. The average molecular weight is 336 g/mol. The van der Waals surface area contributed by atoms with Crippen LogP contribution in [0.1, 0.15) is 29.5 Å². The standard InChI is InChI=1S/C22H28N2O/c1-18-9-8-10-19(2)22(18)24(16-15-23-13-6-7-14-23)21(25)17-20-11-4-3-5-12-20/h3-5,8-12H,6-7,13-17H2,1-2H3.